The van der Waals surface area contributed by atoms with Crippen LogP contribution < -0.4 is 11.1 Å². The summed E-state index contributed by atoms with van der Waals surface area (Å²) in [5.74, 6) is -0.00901. The molecule has 0 aromatic carbocycles. The Bertz CT molecular complexity index is 466. The number of hydrogen-bond acceptors (Lipinski definition) is 5. The molecule has 0 aliphatic carbocycles. The molecule has 1 aromatic heterocycles. The average molecular weight is 282 g/mol. The van der Waals surface area contributed by atoms with E-state index in [-0.39, 0.29) is 17.9 Å². The molecule has 1 fully saturated rings. The number of nitrogens with two attached hydrogens (primary N) is 1. The molecule has 0 unspecified atom stereocenters. The predicted molar refractivity (Wildman–Crippen MR) is 73.9 cm³/mol. The Hall–Kier alpha value is -1.63. The Morgan fingerprint density at radius 3 is 2.74 bits per heavy atom. The summed E-state index contributed by atoms with van der Waals surface area (Å²) in [6.45, 7) is 3.12. The molecule has 0 bridgehead atoms. The van der Waals surface area contributed by atoms with Crippen molar-refractivity contribution in [1.29, 1.82) is 0 Å². The molecule has 1 aliphatic heterocycles. The van der Waals surface area contributed by atoms with Crippen LogP contribution in [0.15, 0.2) is 5.38 Å². The summed E-state index contributed by atoms with van der Waals surface area (Å²) in [7, 11) is 0. The van der Waals surface area contributed by atoms with Crippen LogP contribution in [0.25, 0.3) is 0 Å². The molecule has 2 heterocycles. The van der Waals surface area contributed by atoms with Crippen molar-refractivity contribution in [2.24, 2.45) is 0 Å². The Kier molecular flexibility index (Phi) is 4.36. The number of nitrogen functional groups attached to an aromatic ring is 1. The molecule has 1 saturated heterocycles. The number of nitrogens with zero attached hydrogens (tertiary/aromatic N) is 2. The van der Waals surface area contributed by atoms with Gasteiger partial charge in [-0.2, -0.15) is 0 Å². The fraction of sp³-hybridized carbons (Fsp3) is 0.583. The van der Waals surface area contributed by atoms with Gasteiger partial charge in [0.2, 0.25) is 5.91 Å². The monoisotopic (exact) mass is 282 g/mol. The van der Waals surface area contributed by atoms with Gasteiger partial charge in [0.15, 0.2) is 5.13 Å². The molecule has 7 heteroatoms. The van der Waals surface area contributed by atoms with Gasteiger partial charge in [-0.25, -0.2) is 4.98 Å². The lowest BCUT2D eigenvalue weighted by atomic mass is 10.0. The minimum absolute atomic E-state index is 0.0667. The molecule has 104 valence electrons. The van der Waals surface area contributed by atoms with E-state index in [0.29, 0.717) is 30.3 Å². The number of nitrogens with one attached hydrogen (secondary N) is 1. The lowest BCUT2D eigenvalue weighted by Crippen LogP contribution is -2.46. The first kappa shape index (κ1) is 13.8. The van der Waals surface area contributed by atoms with Crippen molar-refractivity contribution in [3.8, 4) is 0 Å². The molecule has 19 heavy (non-hydrogen) atoms. The first-order chi connectivity index (χ1) is 9.10. The SMILES string of the molecule is CCC(=O)NC1CCN(C(=O)c2csc(N)n2)CC1. The molecular formula is C12H18N4O2S. The molecule has 3 N–H and O–H groups in total. The maximum absolute atomic E-state index is 12.1. The highest BCUT2D eigenvalue weighted by atomic mass is 32.1. The number of thiazole rings is 1. The average Bonchev–Trinajstić information content (AvgIpc) is 2.85. The predicted octanol–water partition coefficient (Wildman–Crippen LogP) is 0.856. The topological polar surface area (TPSA) is 88.3 Å². The molecule has 1 aliphatic rings. The zero-order valence-electron chi connectivity index (χ0n) is 10.9. The van der Waals surface area contributed by atoms with E-state index in [9.17, 15) is 9.59 Å². The Morgan fingerprint density at radius 2 is 2.21 bits per heavy atom. The number of aromatic nitrogens is 1. The molecule has 0 atom stereocenters. The smallest absolute Gasteiger partial charge is 0.273 e. The zero-order valence-corrected chi connectivity index (χ0v) is 11.7. The van der Waals surface area contributed by atoms with E-state index < -0.39 is 0 Å². The largest absolute Gasteiger partial charge is 0.375 e. The van der Waals surface area contributed by atoms with Gasteiger partial charge in [-0.1, -0.05) is 6.92 Å². The second-order valence-electron chi connectivity index (χ2n) is 4.56. The van der Waals surface area contributed by atoms with Crippen LogP contribution >= 0.6 is 11.3 Å². The summed E-state index contributed by atoms with van der Waals surface area (Å²) >= 11 is 1.27. The number of amides is 2. The lowest BCUT2D eigenvalue weighted by molar-refractivity contribution is -0.121. The van der Waals surface area contributed by atoms with Gasteiger partial charge >= 0.3 is 0 Å². The van der Waals surface area contributed by atoms with E-state index in [1.807, 2.05) is 6.92 Å². The molecule has 0 spiro atoms. The van der Waals surface area contributed by atoms with Gasteiger partial charge in [0.1, 0.15) is 5.69 Å². The number of rotatable bonds is 3. The summed E-state index contributed by atoms with van der Waals surface area (Å²) in [6, 6.07) is 0.178. The summed E-state index contributed by atoms with van der Waals surface area (Å²) < 4.78 is 0. The Balaban J connectivity index is 1.86. The van der Waals surface area contributed by atoms with Gasteiger partial charge in [-0.15, -0.1) is 11.3 Å². The van der Waals surface area contributed by atoms with Gasteiger partial charge < -0.3 is 16.0 Å². The highest BCUT2D eigenvalue weighted by molar-refractivity contribution is 7.13. The highest BCUT2D eigenvalue weighted by Crippen LogP contribution is 2.17. The molecule has 0 radical (unpaired) electrons. The normalized spacial score (nSPS) is 16.4. The minimum Gasteiger partial charge on any atom is -0.375 e. The van der Waals surface area contributed by atoms with Crippen LogP contribution in [-0.4, -0.2) is 40.8 Å². The molecule has 6 nitrogen and oxygen atoms in total. The fourth-order valence-electron chi connectivity index (χ4n) is 2.10. The number of hydrogen-bond donors (Lipinski definition) is 2. The van der Waals surface area contributed by atoms with E-state index in [0.717, 1.165) is 12.8 Å². The van der Waals surface area contributed by atoms with Gasteiger partial charge in [-0.05, 0) is 12.8 Å². The Labute approximate surface area is 116 Å². The fourth-order valence-corrected chi connectivity index (χ4v) is 2.64. The second-order valence-corrected chi connectivity index (χ2v) is 5.45. The van der Waals surface area contributed by atoms with Crippen molar-refractivity contribution < 1.29 is 9.59 Å². The maximum Gasteiger partial charge on any atom is 0.273 e. The van der Waals surface area contributed by atoms with Gasteiger partial charge in [0, 0.05) is 30.9 Å². The third kappa shape index (κ3) is 3.44. The van der Waals surface area contributed by atoms with Gasteiger partial charge in [-0.3, -0.25) is 9.59 Å². The quantitative estimate of drug-likeness (QED) is 0.860. The van der Waals surface area contributed by atoms with Crippen molar-refractivity contribution >= 4 is 28.3 Å². The van der Waals surface area contributed by atoms with Crippen molar-refractivity contribution in [3.63, 3.8) is 0 Å². The summed E-state index contributed by atoms with van der Waals surface area (Å²) in [5, 5.41) is 5.06. The van der Waals surface area contributed by atoms with Crippen molar-refractivity contribution in [1.82, 2.24) is 15.2 Å². The van der Waals surface area contributed by atoms with Crippen molar-refractivity contribution in [3.05, 3.63) is 11.1 Å². The van der Waals surface area contributed by atoms with E-state index in [1.165, 1.54) is 11.3 Å². The van der Waals surface area contributed by atoms with Crippen LogP contribution in [-0.2, 0) is 4.79 Å². The van der Waals surface area contributed by atoms with Crippen molar-refractivity contribution in [2.75, 3.05) is 18.8 Å². The third-order valence-electron chi connectivity index (χ3n) is 3.21. The molecule has 2 rings (SSSR count). The summed E-state index contributed by atoms with van der Waals surface area (Å²) in [4.78, 5) is 29.2. The summed E-state index contributed by atoms with van der Waals surface area (Å²) in [5.41, 5.74) is 5.94. The van der Waals surface area contributed by atoms with E-state index in [1.54, 1.807) is 10.3 Å². The van der Waals surface area contributed by atoms with E-state index in [2.05, 4.69) is 10.3 Å². The number of carbonyl (C=O) groups is 2. The molecule has 1 aromatic rings. The highest BCUT2D eigenvalue weighted by Gasteiger charge is 2.25. The van der Waals surface area contributed by atoms with Crippen LogP contribution in [0.2, 0.25) is 0 Å². The van der Waals surface area contributed by atoms with E-state index >= 15 is 0 Å². The maximum atomic E-state index is 12.1. The van der Waals surface area contributed by atoms with Crippen LogP contribution in [0, 0.1) is 0 Å². The lowest BCUT2D eigenvalue weighted by Gasteiger charge is -2.31. The van der Waals surface area contributed by atoms with Gasteiger partial charge in [0.25, 0.3) is 5.91 Å². The van der Waals surface area contributed by atoms with Crippen LogP contribution in [0.1, 0.15) is 36.7 Å². The third-order valence-corrected chi connectivity index (χ3v) is 3.88. The second kappa shape index (κ2) is 6.01. The number of anilines is 1. The van der Waals surface area contributed by atoms with Gasteiger partial charge in [0.05, 0.1) is 0 Å². The molecule has 2 amide bonds. The zero-order chi connectivity index (χ0) is 13.8. The van der Waals surface area contributed by atoms with Crippen LogP contribution in [0.3, 0.4) is 0 Å². The minimum atomic E-state index is -0.0757. The first-order valence-electron chi connectivity index (χ1n) is 6.39. The van der Waals surface area contributed by atoms with Crippen LogP contribution in [0.4, 0.5) is 5.13 Å². The van der Waals surface area contributed by atoms with Crippen LogP contribution in [0.5, 0.6) is 0 Å². The molecular weight excluding hydrogens is 264 g/mol. The van der Waals surface area contributed by atoms with Crippen molar-refractivity contribution in [2.45, 2.75) is 32.2 Å². The summed E-state index contributed by atoms with van der Waals surface area (Å²) in [6.07, 6.45) is 2.07. The first-order valence-corrected chi connectivity index (χ1v) is 7.27. The standard InChI is InChI=1S/C12H18N4O2S/c1-2-10(17)14-8-3-5-16(6-4-8)11(18)9-7-19-12(13)15-9/h7-8H,2-6H2,1H3,(H2,13,15)(H,14,17). The Morgan fingerprint density at radius 1 is 1.53 bits per heavy atom. The van der Waals surface area contributed by atoms with E-state index in [4.69, 9.17) is 5.73 Å². The number of carbonyl (C=O) groups excluding carboxylic acids is 2. The number of piperidine rings is 1. The number of likely N-dealkylation sites (tertiary alicyclic amines) is 1. The molecule has 0 saturated carbocycles.